The molecule has 0 bridgehead atoms. The van der Waals surface area contributed by atoms with Crippen molar-refractivity contribution in [2.45, 2.75) is 29.6 Å². The molecule has 1 aliphatic heterocycles. The topological polar surface area (TPSA) is 3.24 Å². The third kappa shape index (κ3) is 1.81. The summed E-state index contributed by atoms with van der Waals surface area (Å²) in [5, 5.41) is 0. The summed E-state index contributed by atoms with van der Waals surface area (Å²) in [6.07, 6.45) is 0. The highest BCUT2D eigenvalue weighted by molar-refractivity contribution is 7.99. The van der Waals surface area contributed by atoms with Gasteiger partial charge in [-0.2, -0.15) is 0 Å². The molecule has 1 heterocycles. The fourth-order valence-electron chi connectivity index (χ4n) is 2.31. The number of hydrogen-bond acceptors (Lipinski definition) is 2. The molecule has 2 aromatic carbocycles. The lowest BCUT2D eigenvalue weighted by Crippen LogP contribution is -2.14. The Labute approximate surface area is 113 Å². The minimum Gasteiger partial charge on any atom is -0.343 e. The van der Waals surface area contributed by atoms with E-state index >= 15 is 0 Å². The van der Waals surface area contributed by atoms with Crippen molar-refractivity contribution in [1.29, 1.82) is 0 Å². The highest BCUT2D eigenvalue weighted by atomic mass is 32.2. The monoisotopic (exact) mass is 255 g/mol. The van der Waals surface area contributed by atoms with Crippen molar-refractivity contribution in [1.82, 2.24) is 0 Å². The zero-order chi connectivity index (χ0) is 12.7. The van der Waals surface area contributed by atoms with E-state index in [1.807, 2.05) is 11.8 Å². The molecule has 2 heteroatoms. The molecule has 0 N–H and O–H groups in total. The highest BCUT2D eigenvalue weighted by Gasteiger charge is 2.20. The molecule has 1 nitrogen and oxygen atoms in total. The number of benzene rings is 2. The van der Waals surface area contributed by atoms with Crippen molar-refractivity contribution >= 4 is 23.1 Å². The van der Waals surface area contributed by atoms with E-state index < -0.39 is 0 Å². The molecule has 0 saturated carbocycles. The first kappa shape index (κ1) is 11.7. The summed E-state index contributed by atoms with van der Waals surface area (Å²) in [6.45, 7) is 4.48. The van der Waals surface area contributed by atoms with Gasteiger partial charge in [-0.15, -0.1) is 0 Å². The quantitative estimate of drug-likeness (QED) is 0.702. The van der Waals surface area contributed by atoms with Gasteiger partial charge in [-0.25, -0.2) is 0 Å². The number of hydrogen-bond donors (Lipinski definition) is 0. The first-order chi connectivity index (χ1) is 8.66. The fraction of sp³-hybridized carbons (Fsp3) is 0.250. The van der Waals surface area contributed by atoms with Gasteiger partial charge in [0.15, 0.2) is 0 Å². The van der Waals surface area contributed by atoms with Crippen LogP contribution in [0.15, 0.2) is 52.3 Å². The summed E-state index contributed by atoms with van der Waals surface area (Å²) in [5.74, 6) is 0.575. The maximum Gasteiger partial charge on any atom is 0.0553 e. The van der Waals surface area contributed by atoms with Crippen LogP contribution in [0.3, 0.4) is 0 Å². The maximum atomic E-state index is 2.32. The average molecular weight is 255 g/mol. The van der Waals surface area contributed by atoms with Crippen molar-refractivity contribution in [2.24, 2.45) is 0 Å². The number of para-hydroxylation sites is 1. The highest BCUT2D eigenvalue weighted by Crippen LogP contribution is 2.47. The molecule has 2 aromatic rings. The van der Waals surface area contributed by atoms with E-state index in [2.05, 4.69) is 68.3 Å². The number of fused-ring (bicyclic) bond motifs is 2. The summed E-state index contributed by atoms with van der Waals surface area (Å²) < 4.78 is 0. The second-order valence-electron chi connectivity index (χ2n) is 5.01. The van der Waals surface area contributed by atoms with Gasteiger partial charge in [0, 0.05) is 16.8 Å². The second-order valence-corrected chi connectivity index (χ2v) is 6.09. The lowest BCUT2D eigenvalue weighted by Gasteiger charge is -2.30. The summed E-state index contributed by atoms with van der Waals surface area (Å²) in [5.41, 5.74) is 4.03. The second kappa shape index (κ2) is 4.36. The Kier molecular flexibility index (Phi) is 2.83. The molecule has 0 atom stereocenters. The predicted molar refractivity (Wildman–Crippen MR) is 79.2 cm³/mol. The minimum absolute atomic E-state index is 0.575. The molecule has 0 amide bonds. The van der Waals surface area contributed by atoms with E-state index in [0.717, 1.165) is 0 Å². The Morgan fingerprint density at radius 2 is 1.67 bits per heavy atom. The molecular weight excluding hydrogens is 238 g/mol. The third-order valence-electron chi connectivity index (χ3n) is 3.46. The Bertz CT molecular complexity index is 589. The van der Waals surface area contributed by atoms with Crippen LogP contribution in [0.5, 0.6) is 0 Å². The van der Waals surface area contributed by atoms with Gasteiger partial charge in [-0.1, -0.05) is 43.8 Å². The zero-order valence-corrected chi connectivity index (χ0v) is 11.8. The van der Waals surface area contributed by atoms with Gasteiger partial charge < -0.3 is 4.90 Å². The summed E-state index contributed by atoms with van der Waals surface area (Å²) in [6, 6.07) is 15.4. The van der Waals surface area contributed by atoms with Gasteiger partial charge in [0.05, 0.1) is 11.4 Å². The molecule has 0 aromatic heterocycles. The van der Waals surface area contributed by atoms with Gasteiger partial charge in [0.2, 0.25) is 0 Å². The summed E-state index contributed by atoms with van der Waals surface area (Å²) in [7, 11) is 2.15. The van der Waals surface area contributed by atoms with Crippen LogP contribution in [0, 0.1) is 0 Å². The largest absolute Gasteiger partial charge is 0.343 e. The molecule has 3 rings (SSSR count). The molecule has 0 radical (unpaired) electrons. The van der Waals surface area contributed by atoms with Crippen molar-refractivity contribution < 1.29 is 0 Å². The van der Waals surface area contributed by atoms with Gasteiger partial charge in [-0.05, 0) is 35.7 Å². The van der Waals surface area contributed by atoms with Crippen LogP contribution in [0.25, 0.3) is 0 Å². The SMILES string of the molecule is CC(C)c1ccc2c(c1)N(C)c1ccccc1S2. The van der Waals surface area contributed by atoms with Crippen molar-refractivity contribution in [3.8, 4) is 0 Å². The third-order valence-corrected chi connectivity index (χ3v) is 4.59. The van der Waals surface area contributed by atoms with Crippen LogP contribution in [0.4, 0.5) is 11.4 Å². The molecule has 0 unspecified atom stereocenters. The molecule has 0 spiro atoms. The lowest BCUT2D eigenvalue weighted by molar-refractivity contribution is 0.863. The number of anilines is 2. The number of nitrogens with zero attached hydrogens (tertiary/aromatic N) is 1. The Morgan fingerprint density at radius 3 is 2.44 bits per heavy atom. The van der Waals surface area contributed by atoms with Gasteiger partial charge >= 0.3 is 0 Å². The first-order valence-electron chi connectivity index (χ1n) is 6.31. The van der Waals surface area contributed by atoms with Crippen LogP contribution in [-0.4, -0.2) is 7.05 Å². The minimum atomic E-state index is 0.575. The molecule has 0 fully saturated rings. The van der Waals surface area contributed by atoms with Crippen molar-refractivity contribution in [2.75, 3.05) is 11.9 Å². The standard InChI is InChI=1S/C16H17NS/c1-11(2)12-8-9-16-14(10-12)17(3)13-6-4-5-7-15(13)18-16/h4-11H,1-3H3. The molecule has 92 valence electrons. The average Bonchev–Trinajstić information content (AvgIpc) is 2.38. The van der Waals surface area contributed by atoms with E-state index in [1.165, 1.54) is 26.7 Å². The van der Waals surface area contributed by atoms with E-state index in [4.69, 9.17) is 0 Å². The zero-order valence-electron chi connectivity index (χ0n) is 11.0. The smallest absolute Gasteiger partial charge is 0.0553 e. The van der Waals surface area contributed by atoms with Gasteiger partial charge in [-0.3, -0.25) is 0 Å². The summed E-state index contributed by atoms with van der Waals surface area (Å²) in [4.78, 5) is 4.98. The van der Waals surface area contributed by atoms with Gasteiger partial charge in [0.25, 0.3) is 0 Å². The molecule has 18 heavy (non-hydrogen) atoms. The van der Waals surface area contributed by atoms with Crippen molar-refractivity contribution in [3.63, 3.8) is 0 Å². The Hall–Kier alpha value is -1.41. The van der Waals surface area contributed by atoms with Crippen LogP contribution in [-0.2, 0) is 0 Å². The normalized spacial score (nSPS) is 13.4. The predicted octanol–water partition coefficient (Wildman–Crippen LogP) is 5.04. The van der Waals surface area contributed by atoms with Crippen LogP contribution in [0.1, 0.15) is 25.3 Å². The summed E-state index contributed by atoms with van der Waals surface area (Å²) >= 11 is 1.87. The van der Waals surface area contributed by atoms with Crippen LogP contribution >= 0.6 is 11.8 Å². The van der Waals surface area contributed by atoms with E-state index in [-0.39, 0.29) is 0 Å². The Balaban J connectivity index is 2.11. The van der Waals surface area contributed by atoms with Crippen molar-refractivity contribution in [3.05, 3.63) is 48.0 Å². The first-order valence-corrected chi connectivity index (χ1v) is 7.13. The lowest BCUT2D eigenvalue weighted by atomic mass is 10.0. The molecule has 0 aliphatic carbocycles. The molecule has 0 saturated heterocycles. The number of rotatable bonds is 1. The van der Waals surface area contributed by atoms with E-state index in [9.17, 15) is 0 Å². The Morgan fingerprint density at radius 1 is 0.944 bits per heavy atom. The van der Waals surface area contributed by atoms with Crippen LogP contribution in [0.2, 0.25) is 0 Å². The van der Waals surface area contributed by atoms with E-state index in [0.29, 0.717) is 5.92 Å². The van der Waals surface area contributed by atoms with Gasteiger partial charge in [0.1, 0.15) is 0 Å². The van der Waals surface area contributed by atoms with Crippen LogP contribution < -0.4 is 4.90 Å². The molecular formula is C16H17NS. The fourth-order valence-corrected chi connectivity index (χ4v) is 3.44. The molecule has 1 aliphatic rings. The maximum absolute atomic E-state index is 2.32. The van der Waals surface area contributed by atoms with E-state index in [1.54, 1.807) is 0 Å².